The minimum atomic E-state index is -2.39. The number of benzene rings is 1. The van der Waals surface area contributed by atoms with E-state index in [4.69, 9.17) is 27.9 Å². The van der Waals surface area contributed by atoms with Gasteiger partial charge in [0.15, 0.2) is 0 Å². The van der Waals surface area contributed by atoms with Crippen LogP contribution in [0.15, 0.2) is 18.2 Å². The Hall–Kier alpha value is -1.30. The van der Waals surface area contributed by atoms with E-state index >= 15 is 0 Å². The minimum absolute atomic E-state index is 0.217. The van der Waals surface area contributed by atoms with Gasteiger partial charge in [-0.25, -0.2) is 9.59 Å². The van der Waals surface area contributed by atoms with Gasteiger partial charge in [0, 0.05) is 6.42 Å². The Kier molecular flexibility index (Phi) is 5.25. The summed E-state index contributed by atoms with van der Waals surface area (Å²) in [7, 11) is 0. The van der Waals surface area contributed by atoms with Crippen LogP contribution in [0.5, 0.6) is 0 Å². The summed E-state index contributed by atoms with van der Waals surface area (Å²) < 4.78 is 5.35. The van der Waals surface area contributed by atoms with Crippen molar-refractivity contribution in [2.24, 2.45) is 0 Å². The number of hydrogen-bond acceptors (Lipinski definition) is 3. The zero-order valence-electron chi connectivity index (χ0n) is 11.8. The van der Waals surface area contributed by atoms with Gasteiger partial charge in [0.05, 0.1) is 15.6 Å². The molecule has 0 radical (unpaired) electrons. The Labute approximate surface area is 132 Å². The van der Waals surface area contributed by atoms with Crippen molar-refractivity contribution in [2.75, 3.05) is 0 Å². The van der Waals surface area contributed by atoms with Gasteiger partial charge in [-0.2, -0.15) is 0 Å². The van der Waals surface area contributed by atoms with Gasteiger partial charge >= 0.3 is 11.9 Å². The number of hydrogen-bond donors (Lipinski definition) is 2. The first kappa shape index (κ1) is 17.8. The Balaban J connectivity index is 3.26. The van der Waals surface area contributed by atoms with Crippen molar-refractivity contribution in [2.45, 2.75) is 38.4 Å². The van der Waals surface area contributed by atoms with E-state index in [0.29, 0.717) is 10.6 Å². The largest absolute Gasteiger partial charge is 0.479 e. The van der Waals surface area contributed by atoms with Gasteiger partial charge in [0.2, 0.25) is 0 Å². The number of carboxylic acids is 2. The van der Waals surface area contributed by atoms with Crippen LogP contribution in [0, 0.1) is 0 Å². The summed E-state index contributed by atoms with van der Waals surface area (Å²) in [5.41, 5.74) is -2.94. The van der Waals surface area contributed by atoms with Crippen LogP contribution in [0.1, 0.15) is 26.3 Å². The second kappa shape index (κ2) is 6.22. The van der Waals surface area contributed by atoms with Crippen molar-refractivity contribution in [3.05, 3.63) is 33.8 Å². The molecule has 0 saturated carbocycles. The molecule has 1 aromatic rings. The van der Waals surface area contributed by atoms with Crippen molar-refractivity contribution >= 4 is 35.1 Å². The number of halogens is 2. The standard InChI is InChI=1S/C14H16Cl2O5/c1-13(2,3)21-14(11(17)18,12(19)20)7-8-4-5-9(15)10(16)6-8/h4-6H,7H2,1-3H3,(H,17,18)(H,19,20). The highest BCUT2D eigenvalue weighted by Gasteiger charge is 2.50. The third-order valence-electron chi connectivity index (χ3n) is 2.61. The third-order valence-corrected chi connectivity index (χ3v) is 3.35. The summed E-state index contributed by atoms with van der Waals surface area (Å²) in [4.78, 5) is 23.1. The number of ether oxygens (including phenoxy) is 1. The van der Waals surface area contributed by atoms with Gasteiger partial charge in [-0.1, -0.05) is 29.3 Å². The second-order valence-electron chi connectivity index (χ2n) is 5.58. The van der Waals surface area contributed by atoms with Crippen molar-refractivity contribution in [1.82, 2.24) is 0 Å². The second-order valence-corrected chi connectivity index (χ2v) is 6.39. The number of aliphatic carboxylic acids is 2. The zero-order chi connectivity index (χ0) is 16.4. The molecule has 0 amide bonds. The van der Waals surface area contributed by atoms with Crippen molar-refractivity contribution in [3.8, 4) is 0 Å². The lowest BCUT2D eigenvalue weighted by atomic mass is 9.93. The fraction of sp³-hybridized carbons (Fsp3) is 0.429. The minimum Gasteiger partial charge on any atom is -0.479 e. The highest BCUT2D eigenvalue weighted by atomic mass is 35.5. The van der Waals surface area contributed by atoms with E-state index < -0.39 is 23.1 Å². The lowest BCUT2D eigenvalue weighted by Crippen LogP contribution is -2.54. The molecule has 0 aliphatic heterocycles. The first-order chi connectivity index (χ1) is 9.48. The van der Waals surface area contributed by atoms with E-state index in [1.165, 1.54) is 18.2 Å². The third kappa shape index (κ3) is 4.33. The van der Waals surface area contributed by atoms with Crippen molar-refractivity contribution < 1.29 is 24.5 Å². The molecule has 0 aliphatic rings. The van der Waals surface area contributed by atoms with Crippen LogP contribution < -0.4 is 0 Å². The average molecular weight is 335 g/mol. The maximum Gasteiger partial charge on any atom is 0.348 e. The van der Waals surface area contributed by atoms with Crippen molar-refractivity contribution in [3.63, 3.8) is 0 Å². The fourth-order valence-corrected chi connectivity index (χ4v) is 2.15. The molecule has 116 valence electrons. The summed E-state index contributed by atoms with van der Waals surface area (Å²) >= 11 is 11.7. The van der Waals surface area contributed by atoms with Gasteiger partial charge in [0.25, 0.3) is 5.60 Å². The molecule has 5 nitrogen and oxygen atoms in total. The van der Waals surface area contributed by atoms with Crippen LogP contribution in [-0.4, -0.2) is 33.4 Å². The summed E-state index contributed by atoms with van der Waals surface area (Å²) in [5, 5.41) is 19.3. The molecule has 0 atom stereocenters. The summed E-state index contributed by atoms with van der Waals surface area (Å²) in [6, 6.07) is 4.42. The highest BCUT2D eigenvalue weighted by Crippen LogP contribution is 2.29. The van der Waals surface area contributed by atoms with Crippen LogP contribution in [0.2, 0.25) is 10.0 Å². The Morgan fingerprint density at radius 1 is 1.10 bits per heavy atom. The van der Waals surface area contributed by atoms with Gasteiger partial charge in [-0.3, -0.25) is 0 Å². The predicted molar refractivity (Wildman–Crippen MR) is 79.0 cm³/mol. The molecule has 7 heteroatoms. The molecule has 2 N–H and O–H groups in total. The number of carboxylic acid groups (broad SMARTS) is 2. The SMILES string of the molecule is CC(C)(C)OC(Cc1ccc(Cl)c(Cl)c1)(C(=O)O)C(=O)O. The summed E-state index contributed by atoms with van der Waals surface area (Å²) in [5.74, 6) is -3.15. The zero-order valence-corrected chi connectivity index (χ0v) is 13.3. The monoisotopic (exact) mass is 334 g/mol. The van der Waals surface area contributed by atoms with Crippen LogP contribution in [0.4, 0.5) is 0 Å². The predicted octanol–water partition coefficient (Wildman–Crippen LogP) is 3.26. The molecule has 0 heterocycles. The van der Waals surface area contributed by atoms with Gasteiger partial charge in [-0.05, 0) is 38.5 Å². The molecule has 0 unspecified atom stereocenters. The molecule has 0 fully saturated rings. The Bertz CT molecular complexity index is 549. The van der Waals surface area contributed by atoms with E-state index in [2.05, 4.69) is 0 Å². The van der Waals surface area contributed by atoms with E-state index in [1.54, 1.807) is 20.8 Å². The van der Waals surface area contributed by atoms with E-state index in [1.807, 2.05) is 0 Å². The molecule has 0 spiro atoms. The molecule has 0 saturated heterocycles. The lowest BCUT2D eigenvalue weighted by Gasteiger charge is -2.33. The number of rotatable bonds is 5. The van der Waals surface area contributed by atoms with E-state index in [-0.39, 0.29) is 11.4 Å². The molecule has 0 bridgehead atoms. The lowest BCUT2D eigenvalue weighted by molar-refractivity contribution is -0.199. The van der Waals surface area contributed by atoms with E-state index in [9.17, 15) is 19.8 Å². The average Bonchev–Trinajstić information content (AvgIpc) is 2.30. The first-order valence-corrected chi connectivity index (χ1v) is 6.84. The quantitative estimate of drug-likeness (QED) is 0.807. The molecule has 0 aliphatic carbocycles. The van der Waals surface area contributed by atoms with Crippen LogP contribution in [0.25, 0.3) is 0 Å². The smallest absolute Gasteiger partial charge is 0.348 e. The molecular weight excluding hydrogens is 319 g/mol. The fourth-order valence-electron chi connectivity index (χ4n) is 1.83. The maximum atomic E-state index is 11.5. The van der Waals surface area contributed by atoms with Gasteiger partial charge < -0.3 is 14.9 Å². The number of carbonyl (C=O) groups is 2. The van der Waals surface area contributed by atoms with Gasteiger partial charge in [0.1, 0.15) is 0 Å². The Morgan fingerprint density at radius 2 is 1.62 bits per heavy atom. The topological polar surface area (TPSA) is 83.8 Å². The molecular formula is C14H16Cl2O5. The van der Waals surface area contributed by atoms with Crippen molar-refractivity contribution in [1.29, 1.82) is 0 Å². The molecule has 21 heavy (non-hydrogen) atoms. The summed E-state index contributed by atoms with van der Waals surface area (Å²) in [6.45, 7) is 4.76. The van der Waals surface area contributed by atoms with E-state index in [0.717, 1.165) is 0 Å². The molecule has 1 rings (SSSR count). The Morgan fingerprint density at radius 3 is 2.00 bits per heavy atom. The van der Waals surface area contributed by atoms with Gasteiger partial charge in [-0.15, -0.1) is 0 Å². The van der Waals surface area contributed by atoms with Crippen LogP contribution >= 0.6 is 23.2 Å². The molecule has 1 aromatic carbocycles. The maximum absolute atomic E-state index is 11.5. The first-order valence-electron chi connectivity index (χ1n) is 6.09. The van der Waals surface area contributed by atoms with Crippen LogP contribution in [0.3, 0.4) is 0 Å². The normalized spacial score (nSPS) is 12.2. The van der Waals surface area contributed by atoms with Crippen LogP contribution in [-0.2, 0) is 20.7 Å². The molecule has 0 aromatic heterocycles. The summed E-state index contributed by atoms with van der Waals surface area (Å²) in [6.07, 6.45) is -0.369. The highest BCUT2D eigenvalue weighted by molar-refractivity contribution is 6.42.